The largest absolute Gasteiger partial charge is 0.593 e. The topological polar surface area (TPSA) is 105 Å². The Labute approximate surface area is 79.5 Å². The van der Waals surface area contributed by atoms with Gasteiger partial charge in [0.1, 0.15) is 0 Å². The van der Waals surface area contributed by atoms with Gasteiger partial charge in [-0.1, -0.05) is 0 Å². The lowest BCUT2D eigenvalue weighted by Crippen LogP contribution is -2.10. The number of primary amides is 1. The molecule has 0 unspecified atom stereocenters. The van der Waals surface area contributed by atoms with Crippen LogP contribution >= 0.6 is 0 Å². The first-order chi connectivity index (χ1) is 6.65. The lowest BCUT2D eigenvalue weighted by atomic mass is 10.2. The standard InChI is InChI=1S/C8H6N4O2/c9-5-11-12(14)7-3-1-6(2-4-7)8(10)13/h1-4H,(H2,10,13). The monoisotopic (exact) mass is 190 g/mol. The Kier molecular flexibility index (Phi) is 2.76. The van der Waals surface area contributed by atoms with Crippen LogP contribution < -0.4 is 5.73 Å². The Balaban J connectivity index is 3.01. The molecule has 1 rings (SSSR count). The van der Waals surface area contributed by atoms with Crippen molar-refractivity contribution < 1.29 is 9.66 Å². The predicted molar refractivity (Wildman–Crippen MR) is 46.3 cm³/mol. The van der Waals surface area contributed by atoms with Crippen molar-refractivity contribution in [3.8, 4) is 6.19 Å². The third-order valence-electron chi connectivity index (χ3n) is 1.51. The number of nitrogens with zero attached hydrogens (tertiary/aromatic N) is 3. The molecule has 0 aliphatic heterocycles. The third-order valence-corrected chi connectivity index (χ3v) is 1.51. The molecule has 0 bridgehead atoms. The van der Waals surface area contributed by atoms with E-state index in [1.54, 1.807) is 0 Å². The zero-order valence-corrected chi connectivity index (χ0v) is 7.04. The molecule has 0 atom stereocenters. The number of benzene rings is 1. The first-order valence-corrected chi connectivity index (χ1v) is 3.62. The number of azo groups is 1. The first-order valence-electron chi connectivity index (χ1n) is 3.62. The zero-order valence-electron chi connectivity index (χ0n) is 7.04. The summed E-state index contributed by atoms with van der Waals surface area (Å²) in [6, 6.07) is 5.48. The van der Waals surface area contributed by atoms with Gasteiger partial charge in [-0.25, -0.2) is 0 Å². The van der Waals surface area contributed by atoms with Crippen LogP contribution in [0.2, 0.25) is 0 Å². The minimum absolute atomic E-state index is 0.158. The highest BCUT2D eigenvalue weighted by molar-refractivity contribution is 5.92. The third kappa shape index (κ3) is 2.04. The van der Waals surface area contributed by atoms with E-state index in [0.29, 0.717) is 5.56 Å². The molecule has 0 radical (unpaired) electrons. The van der Waals surface area contributed by atoms with Gasteiger partial charge >= 0.3 is 0 Å². The molecule has 0 aromatic heterocycles. The lowest BCUT2D eigenvalue weighted by Gasteiger charge is -1.97. The summed E-state index contributed by atoms with van der Waals surface area (Å²) in [6.45, 7) is 0. The summed E-state index contributed by atoms with van der Waals surface area (Å²) >= 11 is 0. The summed E-state index contributed by atoms with van der Waals surface area (Å²) < 4.78 is 0. The number of carbonyl (C=O) groups is 1. The molecule has 0 fully saturated rings. The zero-order chi connectivity index (χ0) is 10.6. The Hall–Kier alpha value is -2.42. The molecular formula is C8H6N4O2. The summed E-state index contributed by atoms with van der Waals surface area (Å²) in [5.74, 6) is -0.578. The summed E-state index contributed by atoms with van der Waals surface area (Å²) in [5.41, 5.74) is 5.45. The molecule has 0 spiro atoms. The normalized spacial score (nSPS) is 10.6. The molecule has 70 valence electrons. The maximum Gasteiger partial charge on any atom is 0.274 e. The number of carbonyl (C=O) groups excluding carboxylic acids is 1. The maximum absolute atomic E-state index is 10.9. The van der Waals surface area contributed by atoms with Gasteiger partial charge < -0.3 is 10.9 Å². The smallest absolute Gasteiger partial charge is 0.274 e. The van der Waals surface area contributed by atoms with Crippen molar-refractivity contribution in [2.45, 2.75) is 0 Å². The second-order valence-electron chi connectivity index (χ2n) is 2.38. The van der Waals surface area contributed by atoms with E-state index in [-0.39, 0.29) is 10.5 Å². The maximum atomic E-state index is 10.9. The van der Waals surface area contributed by atoms with E-state index < -0.39 is 5.91 Å². The second-order valence-corrected chi connectivity index (χ2v) is 2.38. The summed E-state index contributed by atoms with van der Waals surface area (Å²) in [4.78, 5) is 10.8. The van der Waals surface area contributed by atoms with Crippen molar-refractivity contribution in [3.05, 3.63) is 35.0 Å². The van der Waals surface area contributed by atoms with Crippen molar-refractivity contribution in [1.82, 2.24) is 0 Å². The number of nitrogens with two attached hydrogens (primary N) is 1. The van der Waals surface area contributed by atoms with Crippen LogP contribution in [0.3, 0.4) is 0 Å². The molecule has 1 aromatic rings. The summed E-state index contributed by atoms with van der Waals surface area (Å²) in [6.07, 6.45) is 1.35. The van der Waals surface area contributed by atoms with Gasteiger partial charge in [-0.15, -0.1) is 0 Å². The first kappa shape index (κ1) is 9.67. The van der Waals surface area contributed by atoms with Crippen LogP contribution in [0.15, 0.2) is 29.4 Å². The number of hydrogen-bond acceptors (Lipinski definition) is 4. The van der Waals surface area contributed by atoms with Crippen LogP contribution in [-0.2, 0) is 0 Å². The van der Waals surface area contributed by atoms with Crippen molar-refractivity contribution >= 4 is 11.6 Å². The fourth-order valence-corrected chi connectivity index (χ4v) is 0.852. The molecule has 0 aliphatic rings. The van der Waals surface area contributed by atoms with Crippen LogP contribution in [0.5, 0.6) is 0 Å². The average Bonchev–Trinajstić information content (AvgIpc) is 2.18. The molecule has 0 aliphatic carbocycles. The highest BCUT2D eigenvalue weighted by atomic mass is 16.5. The minimum Gasteiger partial charge on any atom is -0.593 e. The van der Waals surface area contributed by atoms with E-state index in [1.165, 1.54) is 30.5 Å². The molecular weight excluding hydrogens is 184 g/mol. The van der Waals surface area contributed by atoms with E-state index in [4.69, 9.17) is 11.0 Å². The Morgan fingerprint density at radius 3 is 2.50 bits per heavy atom. The quantitative estimate of drug-likeness (QED) is 0.323. The second kappa shape index (κ2) is 4.00. The van der Waals surface area contributed by atoms with E-state index in [2.05, 4.69) is 5.11 Å². The van der Waals surface area contributed by atoms with Crippen LogP contribution in [0, 0.1) is 16.7 Å². The van der Waals surface area contributed by atoms with Crippen molar-refractivity contribution in [2.75, 3.05) is 0 Å². The van der Waals surface area contributed by atoms with Crippen molar-refractivity contribution in [3.63, 3.8) is 0 Å². The van der Waals surface area contributed by atoms with E-state index in [0.717, 1.165) is 0 Å². The molecule has 0 saturated carbocycles. The fourth-order valence-electron chi connectivity index (χ4n) is 0.852. The minimum atomic E-state index is -0.578. The highest BCUT2D eigenvalue weighted by Gasteiger charge is 2.05. The van der Waals surface area contributed by atoms with E-state index in [1.807, 2.05) is 0 Å². The van der Waals surface area contributed by atoms with Gasteiger partial charge in [0.15, 0.2) is 0 Å². The fraction of sp³-hybridized carbons (Fsp3) is 0. The predicted octanol–water partition coefficient (Wildman–Crippen LogP) is 0.861. The Morgan fingerprint density at radius 1 is 1.50 bits per heavy atom. The van der Waals surface area contributed by atoms with Gasteiger partial charge in [0.05, 0.1) is 5.11 Å². The van der Waals surface area contributed by atoms with Crippen LogP contribution in [0.25, 0.3) is 0 Å². The van der Waals surface area contributed by atoms with Gasteiger partial charge in [-0.05, 0) is 17.0 Å². The van der Waals surface area contributed by atoms with Gasteiger partial charge in [0.25, 0.3) is 6.19 Å². The SMILES string of the molecule is N#CN=[N+]([O-])c1ccc(C(N)=O)cc1. The lowest BCUT2D eigenvalue weighted by molar-refractivity contribution is -0.435. The van der Waals surface area contributed by atoms with Gasteiger partial charge in [-0.2, -0.15) is 5.26 Å². The number of amides is 1. The molecule has 1 amide bonds. The van der Waals surface area contributed by atoms with Gasteiger partial charge in [0.2, 0.25) is 11.6 Å². The highest BCUT2D eigenvalue weighted by Crippen LogP contribution is 2.12. The van der Waals surface area contributed by atoms with Crippen molar-refractivity contribution in [2.24, 2.45) is 10.8 Å². The Bertz CT molecular complexity index is 416. The van der Waals surface area contributed by atoms with E-state index in [9.17, 15) is 10.0 Å². The molecule has 0 saturated heterocycles. The van der Waals surface area contributed by atoms with Gasteiger partial charge in [-0.3, -0.25) is 4.79 Å². The molecule has 1 aromatic carbocycles. The van der Waals surface area contributed by atoms with Crippen LogP contribution in [0.4, 0.5) is 5.69 Å². The average molecular weight is 190 g/mol. The number of nitriles is 1. The number of rotatable bonds is 2. The van der Waals surface area contributed by atoms with Crippen LogP contribution in [0.1, 0.15) is 10.4 Å². The van der Waals surface area contributed by atoms with E-state index >= 15 is 0 Å². The van der Waals surface area contributed by atoms with Crippen molar-refractivity contribution in [1.29, 1.82) is 5.26 Å². The number of hydrogen-bond donors (Lipinski definition) is 1. The Morgan fingerprint density at radius 2 is 2.07 bits per heavy atom. The molecule has 2 N–H and O–H groups in total. The molecule has 14 heavy (non-hydrogen) atoms. The molecule has 0 heterocycles. The van der Waals surface area contributed by atoms with Gasteiger partial charge in [0, 0.05) is 17.7 Å². The molecule has 6 heteroatoms. The summed E-state index contributed by atoms with van der Waals surface area (Å²) in [7, 11) is 0. The van der Waals surface area contributed by atoms with Crippen LogP contribution in [-0.4, -0.2) is 10.8 Å². The summed E-state index contributed by atoms with van der Waals surface area (Å²) in [5, 5.41) is 22.0. The molecule has 6 nitrogen and oxygen atoms in total.